The highest BCUT2D eigenvalue weighted by Gasteiger charge is 2.15. The van der Waals surface area contributed by atoms with Crippen molar-refractivity contribution >= 4 is 23.5 Å². The molecule has 0 atom stereocenters. The van der Waals surface area contributed by atoms with E-state index in [0.29, 0.717) is 17.3 Å². The van der Waals surface area contributed by atoms with E-state index in [4.69, 9.17) is 25.8 Å². The molecule has 0 radical (unpaired) electrons. The minimum Gasteiger partial charge on any atom is -0.497 e. The van der Waals surface area contributed by atoms with Gasteiger partial charge in [0.05, 0.1) is 14.2 Å². The van der Waals surface area contributed by atoms with Crippen molar-refractivity contribution in [3.05, 3.63) is 58.6 Å². The Labute approximate surface area is 150 Å². The van der Waals surface area contributed by atoms with Crippen LogP contribution in [0.2, 0.25) is 5.02 Å². The molecular weight excluding hydrogens is 346 g/mol. The van der Waals surface area contributed by atoms with Gasteiger partial charge in [-0.2, -0.15) is 0 Å². The van der Waals surface area contributed by atoms with Crippen molar-refractivity contribution in [1.82, 2.24) is 5.32 Å². The Kier molecular flexibility index (Phi) is 6.65. The van der Waals surface area contributed by atoms with Gasteiger partial charge in [0.1, 0.15) is 17.1 Å². The Morgan fingerprint density at radius 1 is 1.12 bits per heavy atom. The summed E-state index contributed by atoms with van der Waals surface area (Å²) in [5.74, 6) is -0.179. The number of rotatable bonds is 7. The molecule has 6 nitrogen and oxygen atoms in total. The second-order valence-electron chi connectivity index (χ2n) is 5.05. The quantitative estimate of drug-likeness (QED) is 0.766. The first kappa shape index (κ1) is 18.6. The van der Waals surface area contributed by atoms with Crippen LogP contribution >= 0.6 is 11.6 Å². The van der Waals surface area contributed by atoms with Crippen LogP contribution in [0.4, 0.5) is 0 Å². The smallest absolute Gasteiger partial charge is 0.341 e. The highest BCUT2D eigenvalue weighted by Crippen LogP contribution is 2.25. The summed E-state index contributed by atoms with van der Waals surface area (Å²) < 4.78 is 15.3. The van der Waals surface area contributed by atoms with Gasteiger partial charge in [0.15, 0.2) is 6.61 Å². The molecule has 0 unspecified atom stereocenters. The first-order valence-corrected chi connectivity index (χ1v) is 7.81. The van der Waals surface area contributed by atoms with Gasteiger partial charge in [-0.05, 0) is 29.8 Å². The van der Waals surface area contributed by atoms with Gasteiger partial charge in [0.25, 0.3) is 5.91 Å². The lowest BCUT2D eigenvalue weighted by atomic mass is 10.2. The van der Waals surface area contributed by atoms with Crippen LogP contribution in [0.15, 0.2) is 42.5 Å². The average Bonchev–Trinajstić information content (AvgIpc) is 2.63. The SMILES string of the molecule is COC(=O)c1ccc(OC)cc1OCC(=O)NCc1cccc(Cl)c1. The zero-order valence-corrected chi connectivity index (χ0v) is 14.6. The molecule has 1 N–H and O–H groups in total. The number of nitrogens with one attached hydrogen (secondary N) is 1. The van der Waals surface area contributed by atoms with Gasteiger partial charge < -0.3 is 19.5 Å². The second kappa shape index (κ2) is 8.94. The average molecular weight is 364 g/mol. The van der Waals surface area contributed by atoms with E-state index in [2.05, 4.69) is 5.32 Å². The lowest BCUT2D eigenvalue weighted by molar-refractivity contribution is -0.123. The van der Waals surface area contributed by atoms with Crippen LogP contribution in [-0.2, 0) is 16.1 Å². The van der Waals surface area contributed by atoms with E-state index in [0.717, 1.165) is 5.56 Å². The maximum Gasteiger partial charge on any atom is 0.341 e. The maximum atomic E-state index is 12.0. The lowest BCUT2D eigenvalue weighted by Gasteiger charge is -2.12. The lowest BCUT2D eigenvalue weighted by Crippen LogP contribution is -2.28. The van der Waals surface area contributed by atoms with Gasteiger partial charge >= 0.3 is 5.97 Å². The Morgan fingerprint density at radius 2 is 1.92 bits per heavy atom. The number of carbonyl (C=O) groups excluding carboxylic acids is 2. The molecule has 0 saturated heterocycles. The summed E-state index contributed by atoms with van der Waals surface area (Å²) >= 11 is 5.90. The number of hydrogen-bond donors (Lipinski definition) is 1. The second-order valence-corrected chi connectivity index (χ2v) is 5.49. The molecule has 0 aliphatic heterocycles. The predicted molar refractivity (Wildman–Crippen MR) is 93.1 cm³/mol. The Hall–Kier alpha value is -2.73. The van der Waals surface area contributed by atoms with Crippen molar-refractivity contribution in [2.24, 2.45) is 0 Å². The standard InChI is InChI=1S/C18H18ClNO5/c1-23-14-6-7-15(18(22)24-2)16(9-14)25-11-17(21)20-10-12-4-3-5-13(19)8-12/h3-9H,10-11H2,1-2H3,(H,20,21). The molecule has 0 bridgehead atoms. The largest absolute Gasteiger partial charge is 0.497 e. The molecule has 2 aromatic rings. The van der Waals surface area contributed by atoms with Crippen LogP contribution in [0, 0.1) is 0 Å². The highest BCUT2D eigenvalue weighted by atomic mass is 35.5. The van der Waals surface area contributed by atoms with Crippen molar-refractivity contribution in [2.75, 3.05) is 20.8 Å². The van der Waals surface area contributed by atoms with Crippen molar-refractivity contribution < 1.29 is 23.8 Å². The van der Waals surface area contributed by atoms with E-state index in [1.54, 1.807) is 24.3 Å². The van der Waals surface area contributed by atoms with Crippen LogP contribution in [0.1, 0.15) is 15.9 Å². The van der Waals surface area contributed by atoms with E-state index in [1.165, 1.54) is 26.4 Å². The fourth-order valence-electron chi connectivity index (χ4n) is 2.07. The zero-order chi connectivity index (χ0) is 18.2. The van der Waals surface area contributed by atoms with Crippen LogP contribution < -0.4 is 14.8 Å². The number of hydrogen-bond acceptors (Lipinski definition) is 5. The van der Waals surface area contributed by atoms with Gasteiger partial charge in [0, 0.05) is 17.6 Å². The molecule has 132 valence electrons. The summed E-state index contributed by atoms with van der Waals surface area (Å²) in [6.07, 6.45) is 0. The van der Waals surface area contributed by atoms with Crippen LogP contribution in [0.5, 0.6) is 11.5 Å². The topological polar surface area (TPSA) is 73.9 Å². The van der Waals surface area contributed by atoms with E-state index < -0.39 is 5.97 Å². The third-order valence-corrected chi connectivity index (χ3v) is 3.57. The fourth-order valence-corrected chi connectivity index (χ4v) is 2.28. The minimum absolute atomic E-state index is 0.212. The summed E-state index contributed by atoms with van der Waals surface area (Å²) in [6, 6.07) is 11.8. The van der Waals surface area contributed by atoms with Crippen molar-refractivity contribution in [1.29, 1.82) is 0 Å². The molecule has 2 rings (SSSR count). The first-order chi connectivity index (χ1) is 12.0. The molecule has 7 heteroatoms. The number of carbonyl (C=O) groups is 2. The van der Waals surface area contributed by atoms with E-state index in [-0.39, 0.29) is 23.8 Å². The molecule has 0 saturated carbocycles. The molecule has 0 aromatic heterocycles. The molecule has 1 amide bonds. The van der Waals surface area contributed by atoms with E-state index >= 15 is 0 Å². The number of halogens is 1. The third-order valence-electron chi connectivity index (χ3n) is 3.33. The Bertz CT molecular complexity index is 763. The van der Waals surface area contributed by atoms with Crippen molar-refractivity contribution in [3.63, 3.8) is 0 Å². The van der Waals surface area contributed by atoms with Gasteiger partial charge in [0.2, 0.25) is 0 Å². The number of esters is 1. The molecule has 0 heterocycles. The molecule has 0 aliphatic carbocycles. The highest BCUT2D eigenvalue weighted by molar-refractivity contribution is 6.30. The summed E-state index contributed by atoms with van der Waals surface area (Å²) in [7, 11) is 2.77. The number of amides is 1. The fraction of sp³-hybridized carbons (Fsp3) is 0.222. The maximum absolute atomic E-state index is 12.0. The Balaban J connectivity index is 1.97. The van der Waals surface area contributed by atoms with Crippen LogP contribution in [0.25, 0.3) is 0 Å². The summed E-state index contributed by atoms with van der Waals surface area (Å²) in [6.45, 7) is 0.0719. The summed E-state index contributed by atoms with van der Waals surface area (Å²) in [5, 5.41) is 3.32. The van der Waals surface area contributed by atoms with E-state index in [1.807, 2.05) is 6.07 Å². The van der Waals surface area contributed by atoms with Crippen molar-refractivity contribution in [3.8, 4) is 11.5 Å². The molecule has 2 aromatic carbocycles. The molecule has 0 spiro atoms. The Morgan fingerprint density at radius 3 is 2.60 bits per heavy atom. The molecule has 25 heavy (non-hydrogen) atoms. The van der Waals surface area contributed by atoms with E-state index in [9.17, 15) is 9.59 Å². The number of methoxy groups -OCH3 is 2. The van der Waals surface area contributed by atoms with Gasteiger partial charge in [-0.15, -0.1) is 0 Å². The summed E-state index contributed by atoms with van der Waals surface area (Å²) in [5.41, 5.74) is 1.09. The van der Waals surface area contributed by atoms with Crippen molar-refractivity contribution in [2.45, 2.75) is 6.54 Å². The predicted octanol–water partition coefficient (Wildman–Crippen LogP) is 2.83. The summed E-state index contributed by atoms with van der Waals surface area (Å²) in [4.78, 5) is 23.7. The molecule has 0 aliphatic rings. The van der Waals surface area contributed by atoms with Crippen LogP contribution in [-0.4, -0.2) is 32.7 Å². The third kappa shape index (κ3) is 5.39. The first-order valence-electron chi connectivity index (χ1n) is 7.43. The number of ether oxygens (including phenoxy) is 3. The van der Waals surface area contributed by atoms with Gasteiger partial charge in [-0.3, -0.25) is 4.79 Å². The zero-order valence-electron chi connectivity index (χ0n) is 13.9. The number of benzene rings is 2. The minimum atomic E-state index is -0.558. The normalized spacial score (nSPS) is 10.0. The molecular formula is C18H18ClNO5. The van der Waals surface area contributed by atoms with Gasteiger partial charge in [-0.1, -0.05) is 23.7 Å². The van der Waals surface area contributed by atoms with Gasteiger partial charge in [-0.25, -0.2) is 4.79 Å². The monoisotopic (exact) mass is 363 g/mol. The van der Waals surface area contributed by atoms with Crippen LogP contribution in [0.3, 0.4) is 0 Å². The molecule has 0 fully saturated rings.